The summed E-state index contributed by atoms with van der Waals surface area (Å²) in [4.78, 5) is 0. The molecule has 2 N–H and O–H groups in total. The minimum Gasteiger partial charge on any atom is -0.330 e. The van der Waals surface area contributed by atoms with Gasteiger partial charge in [-0.2, -0.15) is 4.31 Å². The van der Waals surface area contributed by atoms with E-state index in [1.54, 1.807) is 13.8 Å². The van der Waals surface area contributed by atoms with E-state index in [0.717, 1.165) is 0 Å². The van der Waals surface area contributed by atoms with Gasteiger partial charge in [-0.3, -0.25) is 0 Å². The molecule has 0 radical (unpaired) electrons. The van der Waals surface area contributed by atoms with E-state index >= 15 is 0 Å². The number of nitrogens with two attached hydrogens (primary N) is 1. The van der Waals surface area contributed by atoms with Gasteiger partial charge in [-0.25, -0.2) is 16.8 Å². The highest BCUT2D eigenvalue weighted by Gasteiger charge is 2.56. The zero-order valence-corrected chi connectivity index (χ0v) is 13.0. The number of nitrogens with zero attached hydrogens (tertiary/aromatic N) is 1. The SMILES string of the molecule is CC(C)S(=O)(=O)N1CC2C(CN)(CCCS2(=O)=O)C1. The van der Waals surface area contributed by atoms with Gasteiger partial charge in [0.05, 0.1) is 16.3 Å². The molecule has 2 aliphatic rings. The largest absolute Gasteiger partial charge is 0.330 e. The first-order valence-corrected chi connectivity index (χ1v) is 9.78. The van der Waals surface area contributed by atoms with Crippen LogP contribution in [0.1, 0.15) is 26.7 Å². The first kappa shape index (κ1) is 15.2. The Balaban J connectivity index is 2.39. The van der Waals surface area contributed by atoms with Crippen molar-refractivity contribution in [1.82, 2.24) is 4.31 Å². The zero-order valence-electron chi connectivity index (χ0n) is 11.4. The molecule has 6 nitrogen and oxygen atoms in total. The van der Waals surface area contributed by atoms with Crippen LogP contribution in [0.3, 0.4) is 0 Å². The highest BCUT2D eigenvalue weighted by molar-refractivity contribution is 7.92. The fourth-order valence-corrected chi connectivity index (χ4v) is 6.96. The lowest BCUT2D eigenvalue weighted by Gasteiger charge is -2.36. The van der Waals surface area contributed by atoms with E-state index in [0.29, 0.717) is 12.8 Å². The molecule has 0 bridgehead atoms. The smallest absolute Gasteiger partial charge is 0.216 e. The Labute approximate surface area is 115 Å². The summed E-state index contributed by atoms with van der Waals surface area (Å²) in [5, 5.41) is -1.17. The van der Waals surface area contributed by atoms with E-state index in [1.165, 1.54) is 4.31 Å². The molecular formula is C11H22N2O4S2. The summed E-state index contributed by atoms with van der Waals surface area (Å²) >= 11 is 0. The first-order valence-electron chi connectivity index (χ1n) is 6.56. The Morgan fingerprint density at radius 2 is 2.05 bits per heavy atom. The average Bonchev–Trinajstić information content (AvgIpc) is 2.71. The standard InChI is InChI=1S/C11H22N2O4S2/c1-9(2)19(16,17)13-6-10-11(7-12,8-13)4-3-5-18(10,14)15/h9-10H,3-8,12H2,1-2H3. The van der Waals surface area contributed by atoms with Crippen molar-refractivity contribution in [2.24, 2.45) is 11.1 Å². The van der Waals surface area contributed by atoms with Gasteiger partial charge in [-0.05, 0) is 26.7 Å². The highest BCUT2D eigenvalue weighted by Crippen LogP contribution is 2.43. The van der Waals surface area contributed by atoms with Gasteiger partial charge in [0.15, 0.2) is 9.84 Å². The quantitative estimate of drug-likeness (QED) is 0.762. The van der Waals surface area contributed by atoms with Crippen LogP contribution in [0.4, 0.5) is 0 Å². The molecular weight excluding hydrogens is 288 g/mol. The van der Waals surface area contributed by atoms with Gasteiger partial charge >= 0.3 is 0 Å². The molecule has 0 aliphatic carbocycles. The summed E-state index contributed by atoms with van der Waals surface area (Å²) in [7, 11) is -6.66. The molecule has 0 spiro atoms. The van der Waals surface area contributed by atoms with Crippen LogP contribution in [-0.2, 0) is 19.9 Å². The summed E-state index contributed by atoms with van der Waals surface area (Å²) in [5.41, 5.74) is 5.21. The number of hydrogen-bond donors (Lipinski definition) is 1. The number of rotatable bonds is 3. The normalized spacial score (nSPS) is 35.5. The lowest BCUT2D eigenvalue weighted by Crippen LogP contribution is -2.49. The van der Waals surface area contributed by atoms with E-state index in [9.17, 15) is 16.8 Å². The van der Waals surface area contributed by atoms with Gasteiger partial charge in [-0.15, -0.1) is 0 Å². The summed E-state index contributed by atoms with van der Waals surface area (Å²) < 4.78 is 50.2. The second-order valence-electron chi connectivity index (χ2n) is 5.91. The maximum atomic E-state index is 12.2. The van der Waals surface area contributed by atoms with Gasteiger partial charge in [0.2, 0.25) is 10.0 Å². The minimum atomic E-state index is -3.42. The van der Waals surface area contributed by atoms with Crippen molar-refractivity contribution in [3.05, 3.63) is 0 Å². The van der Waals surface area contributed by atoms with E-state index < -0.39 is 35.8 Å². The molecule has 19 heavy (non-hydrogen) atoms. The van der Waals surface area contributed by atoms with Crippen molar-refractivity contribution in [2.45, 2.75) is 37.2 Å². The van der Waals surface area contributed by atoms with Crippen molar-refractivity contribution >= 4 is 19.9 Å². The molecule has 0 aromatic rings. The number of sulfonamides is 1. The fourth-order valence-electron chi connectivity index (χ4n) is 3.19. The molecule has 2 saturated heterocycles. The van der Waals surface area contributed by atoms with Crippen molar-refractivity contribution < 1.29 is 16.8 Å². The lowest BCUT2D eigenvalue weighted by atomic mass is 9.82. The van der Waals surface area contributed by atoms with Crippen LogP contribution in [0.2, 0.25) is 0 Å². The van der Waals surface area contributed by atoms with Gasteiger partial charge in [0.25, 0.3) is 0 Å². The van der Waals surface area contributed by atoms with Crippen LogP contribution in [0.25, 0.3) is 0 Å². The van der Waals surface area contributed by atoms with Crippen molar-refractivity contribution in [3.8, 4) is 0 Å². The topological polar surface area (TPSA) is 97.5 Å². The monoisotopic (exact) mass is 310 g/mol. The molecule has 0 aromatic carbocycles. The second-order valence-corrected chi connectivity index (χ2v) is 10.7. The number of fused-ring (bicyclic) bond motifs is 1. The maximum Gasteiger partial charge on any atom is 0.216 e. The van der Waals surface area contributed by atoms with Crippen LogP contribution in [-0.4, -0.2) is 57.0 Å². The molecule has 8 heteroatoms. The highest BCUT2D eigenvalue weighted by atomic mass is 32.2. The van der Waals surface area contributed by atoms with Crippen molar-refractivity contribution in [1.29, 1.82) is 0 Å². The molecule has 2 heterocycles. The Bertz CT molecular complexity index is 555. The van der Waals surface area contributed by atoms with Gasteiger partial charge in [0, 0.05) is 25.0 Å². The Hall–Kier alpha value is -0.180. The Morgan fingerprint density at radius 3 is 2.53 bits per heavy atom. The third kappa shape index (κ3) is 2.32. The Morgan fingerprint density at radius 1 is 1.42 bits per heavy atom. The lowest BCUT2D eigenvalue weighted by molar-refractivity contribution is 0.277. The second kappa shape index (κ2) is 4.68. The molecule has 2 rings (SSSR count). The summed E-state index contributed by atoms with van der Waals surface area (Å²) in [6.45, 7) is 3.76. The minimum absolute atomic E-state index is 0.0695. The summed E-state index contributed by atoms with van der Waals surface area (Å²) in [6, 6.07) is 0. The molecule has 2 fully saturated rings. The maximum absolute atomic E-state index is 12.2. The van der Waals surface area contributed by atoms with Crippen LogP contribution in [0.15, 0.2) is 0 Å². The molecule has 2 unspecified atom stereocenters. The summed E-state index contributed by atoms with van der Waals surface area (Å²) in [6.07, 6.45) is 1.27. The van der Waals surface area contributed by atoms with Crippen LogP contribution < -0.4 is 5.73 Å². The zero-order chi connectivity index (χ0) is 14.5. The predicted molar refractivity (Wildman–Crippen MR) is 73.9 cm³/mol. The molecule has 0 amide bonds. The predicted octanol–water partition coefficient (Wildman–Crippen LogP) is -0.437. The van der Waals surface area contributed by atoms with E-state index in [2.05, 4.69) is 0 Å². The third-order valence-corrected chi connectivity index (χ3v) is 9.01. The average molecular weight is 310 g/mol. The molecule has 2 aliphatic heterocycles. The van der Waals surface area contributed by atoms with Gasteiger partial charge in [0.1, 0.15) is 0 Å². The number of hydrogen-bond acceptors (Lipinski definition) is 5. The summed E-state index contributed by atoms with van der Waals surface area (Å²) in [5.74, 6) is 0.148. The molecule has 2 atom stereocenters. The molecule has 0 aromatic heterocycles. The van der Waals surface area contributed by atoms with Crippen LogP contribution in [0, 0.1) is 5.41 Å². The fraction of sp³-hybridized carbons (Fsp3) is 1.00. The van der Waals surface area contributed by atoms with Crippen molar-refractivity contribution in [3.63, 3.8) is 0 Å². The van der Waals surface area contributed by atoms with Gasteiger partial charge < -0.3 is 5.73 Å². The van der Waals surface area contributed by atoms with E-state index in [-0.39, 0.29) is 25.4 Å². The van der Waals surface area contributed by atoms with Crippen LogP contribution >= 0.6 is 0 Å². The van der Waals surface area contributed by atoms with Gasteiger partial charge in [-0.1, -0.05) is 0 Å². The third-order valence-electron chi connectivity index (χ3n) is 4.44. The first-order chi connectivity index (χ1) is 8.66. The van der Waals surface area contributed by atoms with E-state index in [1.807, 2.05) is 0 Å². The van der Waals surface area contributed by atoms with Crippen LogP contribution in [0.5, 0.6) is 0 Å². The van der Waals surface area contributed by atoms with E-state index in [4.69, 9.17) is 5.73 Å². The van der Waals surface area contributed by atoms with Crippen molar-refractivity contribution in [2.75, 3.05) is 25.4 Å². The molecule has 0 saturated carbocycles. The molecule has 112 valence electrons. The Kier molecular flexibility index (Phi) is 3.75. The number of sulfone groups is 1.